The Labute approximate surface area is 88.1 Å². The van der Waals surface area contributed by atoms with E-state index in [0.29, 0.717) is 0 Å². The highest BCUT2D eigenvalue weighted by Gasteiger charge is 1.95. The van der Waals surface area contributed by atoms with Gasteiger partial charge >= 0.3 is 5.97 Å². The molecular formula is C11H25NO2. The monoisotopic (exact) mass is 203 g/mol. The highest BCUT2D eigenvalue weighted by atomic mass is 16.4. The predicted molar refractivity (Wildman–Crippen MR) is 60.6 cm³/mol. The molecule has 0 saturated carbocycles. The summed E-state index contributed by atoms with van der Waals surface area (Å²) in [6.45, 7) is 12.0. The molecule has 0 aliphatic carbocycles. The van der Waals surface area contributed by atoms with Crippen LogP contribution in [0.4, 0.5) is 0 Å². The van der Waals surface area contributed by atoms with Gasteiger partial charge in [0.2, 0.25) is 0 Å². The smallest absolute Gasteiger partial charge is 0.303 e. The molecule has 0 saturated heterocycles. The molecular weight excluding hydrogens is 178 g/mol. The van der Waals surface area contributed by atoms with Crippen LogP contribution in [0.2, 0.25) is 0 Å². The van der Waals surface area contributed by atoms with Gasteiger partial charge in [-0.1, -0.05) is 27.7 Å². The third-order valence-corrected chi connectivity index (χ3v) is 1.83. The Kier molecular flexibility index (Phi) is 14.1. The van der Waals surface area contributed by atoms with E-state index in [2.05, 4.69) is 25.7 Å². The highest BCUT2D eigenvalue weighted by Crippen LogP contribution is 1.91. The Morgan fingerprint density at radius 1 is 1.07 bits per heavy atom. The third kappa shape index (κ3) is 14.0. The first-order chi connectivity index (χ1) is 6.62. The van der Waals surface area contributed by atoms with E-state index in [9.17, 15) is 4.79 Å². The maximum absolute atomic E-state index is 9.37. The molecule has 0 atom stereocenters. The lowest BCUT2D eigenvalue weighted by Gasteiger charge is -2.17. The van der Waals surface area contributed by atoms with Gasteiger partial charge < -0.3 is 10.0 Å². The van der Waals surface area contributed by atoms with Crippen molar-refractivity contribution in [1.29, 1.82) is 0 Å². The highest BCUT2D eigenvalue weighted by molar-refractivity contribution is 5.66. The van der Waals surface area contributed by atoms with Crippen molar-refractivity contribution in [3.63, 3.8) is 0 Å². The fourth-order valence-electron chi connectivity index (χ4n) is 1.06. The van der Waals surface area contributed by atoms with Crippen molar-refractivity contribution in [1.82, 2.24) is 4.90 Å². The van der Waals surface area contributed by atoms with Crippen LogP contribution < -0.4 is 0 Å². The molecule has 0 bridgehead atoms. The molecule has 3 nitrogen and oxygen atoms in total. The van der Waals surface area contributed by atoms with Gasteiger partial charge in [0.15, 0.2) is 0 Å². The molecule has 0 aliphatic rings. The number of nitrogens with zero attached hydrogens (tertiary/aromatic N) is 1. The van der Waals surface area contributed by atoms with Crippen molar-refractivity contribution in [2.75, 3.05) is 19.6 Å². The van der Waals surface area contributed by atoms with Gasteiger partial charge in [0.05, 0.1) is 0 Å². The van der Waals surface area contributed by atoms with Crippen LogP contribution in [-0.2, 0) is 4.79 Å². The largest absolute Gasteiger partial charge is 0.481 e. The number of carboxylic acid groups (broad SMARTS) is 1. The summed E-state index contributed by atoms with van der Waals surface area (Å²) in [6, 6.07) is 0. The molecule has 0 spiro atoms. The zero-order valence-electron chi connectivity index (χ0n) is 10.0. The molecule has 14 heavy (non-hydrogen) atoms. The van der Waals surface area contributed by atoms with Crippen molar-refractivity contribution in [3.8, 4) is 0 Å². The summed E-state index contributed by atoms with van der Waals surface area (Å²) in [5.74, 6) is -0.745. The Morgan fingerprint density at radius 2 is 1.43 bits per heavy atom. The van der Waals surface area contributed by atoms with E-state index < -0.39 is 5.97 Å². The minimum atomic E-state index is -0.745. The molecule has 3 heteroatoms. The van der Waals surface area contributed by atoms with Gasteiger partial charge in [0, 0.05) is 6.42 Å². The molecule has 1 N–H and O–H groups in total. The molecule has 0 heterocycles. The average molecular weight is 203 g/mol. The first-order valence-electron chi connectivity index (χ1n) is 5.56. The summed E-state index contributed by atoms with van der Waals surface area (Å²) >= 11 is 0. The van der Waals surface area contributed by atoms with Crippen LogP contribution in [0.1, 0.15) is 47.0 Å². The van der Waals surface area contributed by atoms with Crippen LogP contribution in [0, 0.1) is 0 Å². The average Bonchev–Trinajstić information content (AvgIpc) is 2.18. The molecule has 0 aromatic rings. The van der Waals surface area contributed by atoms with Gasteiger partial charge in [0.25, 0.3) is 0 Å². The number of hydrogen-bond donors (Lipinski definition) is 1. The van der Waals surface area contributed by atoms with Gasteiger partial charge in [-0.3, -0.25) is 4.79 Å². The molecule has 0 amide bonds. The second-order valence-corrected chi connectivity index (χ2v) is 3.18. The lowest BCUT2D eigenvalue weighted by atomic mass is 10.3. The van der Waals surface area contributed by atoms with Crippen molar-refractivity contribution in [2.24, 2.45) is 0 Å². The fourth-order valence-corrected chi connectivity index (χ4v) is 1.06. The number of carboxylic acids is 1. The Bertz CT molecular complexity index is 120. The van der Waals surface area contributed by atoms with Gasteiger partial charge in [0.1, 0.15) is 0 Å². The normalized spacial score (nSPS) is 9.50. The molecule has 0 aromatic heterocycles. The maximum atomic E-state index is 9.37. The predicted octanol–water partition coefficient (Wildman–Crippen LogP) is 2.61. The zero-order chi connectivity index (χ0) is 11.4. The van der Waals surface area contributed by atoms with Gasteiger partial charge in [-0.25, -0.2) is 0 Å². The summed E-state index contributed by atoms with van der Waals surface area (Å²) in [5, 5.41) is 7.72. The summed E-state index contributed by atoms with van der Waals surface area (Å²) in [5.41, 5.74) is 0. The zero-order valence-corrected chi connectivity index (χ0v) is 10.0. The molecule has 0 rings (SSSR count). The summed E-state index contributed by atoms with van der Waals surface area (Å²) in [7, 11) is 0. The van der Waals surface area contributed by atoms with Crippen LogP contribution in [0.3, 0.4) is 0 Å². The minimum Gasteiger partial charge on any atom is -0.481 e. The van der Waals surface area contributed by atoms with Crippen molar-refractivity contribution >= 4 is 5.97 Å². The first-order valence-corrected chi connectivity index (χ1v) is 5.56. The number of hydrogen-bond acceptors (Lipinski definition) is 2. The van der Waals surface area contributed by atoms with E-state index in [0.717, 1.165) is 0 Å². The van der Waals surface area contributed by atoms with Gasteiger partial charge in [-0.15, -0.1) is 0 Å². The molecule has 0 aromatic carbocycles. The van der Waals surface area contributed by atoms with Crippen molar-refractivity contribution in [2.45, 2.75) is 47.0 Å². The Balaban J connectivity index is 0. The van der Waals surface area contributed by atoms with E-state index >= 15 is 0 Å². The van der Waals surface area contributed by atoms with Crippen LogP contribution in [0.25, 0.3) is 0 Å². The van der Waals surface area contributed by atoms with Gasteiger partial charge in [-0.2, -0.15) is 0 Å². The SMILES string of the molecule is CCC(=O)O.CCCN(CC)CCC. The molecule has 0 radical (unpaired) electrons. The number of carbonyl (C=O) groups is 1. The third-order valence-electron chi connectivity index (χ3n) is 1.83. The van der Waals surface area contributed by atoms with Crippen LogP contribution >= 0.6 is 0 Å². The quantitative estimate of drug-likeness (QED) is 0.721. The topological polar surface area (TPSA) is 40.5 Å². The maximum Gasteiger partial charge on any atom is 0.303 e. The van der Waals surface area contributed by atoms with Crippen LogP contribution in [-0.4, -0.2) is 35.6 Å². The summed E-state index contributed by atoms with van der Waals surface area (Å²) in [4.78, 5) is 11.9. The molecule has 0 fully saturated rings. The standard InChI is InChI=1S/C8H19N.C3H6O2/c1-4-7-9(6-3)8-5-2;1-2-3(4)5/h4-8H2,1-3H3;2H2,1H3,(H,4,5). The Morgan fingerprint density at radius 3 is 1.57 bits per heavy atom. The number of rotatable bonds is 6. The van der Waals surface area contributed by atoms with E-state index in [1.54, 1.807) is 6.92 Å². The Hall–Kier alpha value is -0.570. The second-order valence-electron chi connectivity index (χ2n) is 3.18. The fraction of sp³-hybridized carbons (Fsp3) is 0.909. The van der Waals surface area contributed by atoms with Gasteiger partial charge in [-0.05, 0) is 32.5 Å². The van der Waals surface area contributed by atoms with Crippen LogP contribution in [0.15, 0.2) is 0 Å². The van der Waals surface area contributed by atoms with E-state index in [4.69, 9.17) is 5.11 Å². The summed E-state index contributed by atoms with van der Waals surface area (Å²) in [6.07, 6.45) is 2.79. The van der Waals surface area contributed by atoms with E-state index in [-0.39, 0.29) is 6.42 Å². The van der Waals surface area contributed by atoms with Crippen LogP contribution in [0.5, 0.6) is 0 Å². The van der Waals surface area contributed by atoms with Crippen molar-refractivity contribution < 1.29 is 9.90 Å². The van der Waals surface area contributed by atoms with Crippen molar-refractivity contribution in [3.05, 3.63) is 0 Å². The first kappa shape index (κ1) is 15.9. The molecule has 86 valence electrons. The summed E-state index contributed by atoms with van der Waals surface area (Å²) < 4.78 is 0. The van der Waals surface area contributed by atoms with E-state index in [1.165, 1.54) is 32.5 Å². The molecule has 0 aliphatic heterocycles. The lowest BCUT2D eigenvalue weighted by molar-refractivity contribution is -0.136. The minimum absolute atomic E-state index is 0.222. The molecule has 0 unspecified atom stereocenters. The van der Waals surface area contributed by atoms with E-state index in [1.807, 2.05) is 0 Å². The second kappa shape index (κ2) is 12.4. The number of aliphatic carboxylic acids is 1. The lowest BCUT2D eigenvalue weighted by Crippen LogP contribution is -2.24.